The fraction of sp³-hybridized carbons (Fsp3) is 0.900. The lowest BCUT2D eigenvalue weighted by Crippen LogP contribution is -2.49. The Morgan fingerprint density at radius 2 is 2.00 bits per heavy atom. The highest BCUT2D eigenvalue weighted by Crippen LogP contribution is 2.68. The molecule has 22 heavy (non-hydrogen) atoms. The Hall–Kier alpha value is -0.340. The SMILES string of the molecule is C=CC[C@]12CCC[C@@]1(O[C@@H]1CC3CC[C@]1(C)C3(C)C)OCC2. The standard InChI is InChI=1S/C20H32O2/c1-5-8-19-9-6-10-20(19,21-13-12-19)22-16-14-15-7-11-18(16,4)17(15,2)3/h5,15-16H,1,6-14H2,2-4H3/t15?,16-,18+,19-,20+/m1/s1. The van der Waals surface area contributed by atoms with Crippen LogP contribution in [0.3, 0.4) is 0 Å². The van der Waals surface area contributed by atoms with Crippen molar-refractivity contribution in [3.63, 3.8) is 0 Å². The molecule has 4 rings (SSSR count). The van der Waals surface area contributed by atoms with Gasteiger partial charge in [-0.2, -0.15) is 0 Å². The van der Waals surface area contributed by atoms with E-state index in [4.69, 9.17) is 9.47 Å². The van der Waals surface area contributed by atoms with Gasteiger partial charge in [0, 0.05) is 11.8 Å². The molecule has 2 nitrogen and oxygen atoms in total. The summed E-state index contributed by atoms with van der Waals surface area (Å²) in [6.45, 7) is 12.3. The van der Waals surface area contributed by atoms with E-state index in [9.17, 15) is 0 Å². The Morgan fingerprint density at radius 1 is 1.18 bits per heavy atom. The van der Waals surface area contributed by atoms with Crippen molar-refractivity contribution in [2.24, 2.45) is 22.2 Å². The normalized spacial score (nSPS) is 52.1. The van der Waals surface area contributed by atoms with Crippen LogP contribution in [-0.2, 0) is 9.47 Å². The van der Waals surface area contributed by atoms with E-state index in [1.54, 1.807) is 0 Å². The van der Waals surface area contributed by atoms with E-state index in [1.165, 1.54) is 32.1 Å². The van der Waals surface area contributed by atoms with E-state index in [0.717, 1.165) is 31.8 Å². The molecule has 4 aliphatic rings. The second kappa shape index (κ2) is 4.60. The van der Waals surface area contributed by atoms with Crippen molar-refractivity contribution in [3.8, 4) is 0 Å². The molecule has 0 aromatic heterocycles. The number of rotatable bonds is 4. The Balaban J connectivity index is 1.62. The maximum Gasteiger partial charge on any atom is 0.174 e. The lowest BCUT2D eigenvalue weighted by Gasteiger charge is -2.46. The second-order valence-corrected chi connectivity index (χ2v) is 9.20. The Morgan fingerprint density at radius 3 is 2.64 bits per heavy atom. The highest BCUT2D eigenvalue weighted by atomic mass is 16.7. The van der Waals surface area contributed by atoms with Crippen molar-refractivity contribution in [3.05, 3.63) is 12.7 Å². The van der Waals surface area contributed by atoms with Crippen molar-refractivity contribution in [1.82, 2.24) is 0 Å². The fourth-order valence-corrected chi connectivity index (χ4v) is 6.46. The first-order chi connectivity index (χ1) is 10.4. The molecule has 0 aromatic rings. The summed E-state index contributed by atoms with van der Waals surface area (Å²) in [5.74, 6) is 0.519. The Bertz CT molecular complexity index is 470. The maximum absolute atomic E-state index is 6.94. The molecule has 0 spiro atoms. The van der Waals surface area contributed by atoms with Gasteiger partial charge in [0.2, 0.25) is 0 Å². The fourth-order valence-electron chi connectivity index (χ4n) is 6.46. The van der Waals surface area contributed by atoms with E-state index in [0.29, 0.717) is 16.9 Å². The summed E-state index contributed by atoms with van der Waals surface area (Å²) in [5, 5.41) is 0. The molecule has 2 bridgehead atoms. The summed E-state index contributed by atoms with van der Waals surface area (Å²) in [4.78, 5) is 0. The summed E-state index contributed by atoms with van der Waals surface area (Å²) in [6, 6.07) is 0. The van der Waals surface area contributed by atoms with Gasteiger partial charge >= 0.3 is 0 Å². The molecule has 5 atom stereocenters. The first kappa shape index (κ1) is 15.2. The van der Waals surface area contributed by atoms with Crippen LogP contribution in [0.2, 0.25) is 0 Å². The van der Waals surface area contributed by atoms with Crippen LogP contribution < -0.4 is 0 Å². The number of fused-ring (bicyclic) bond motifs is 3. The molecule has 0 N–H and O–H groups in total. The monoisotopic (exact) mass is 304 g/mol. The molecule has 2 heteroatoms. The molecule has 0 radical (unpaired) electrons. The minimum absolute atomic E-state index is 0.205. The average Bonchev–Trinajstić information content (AvgIpc) is 3.06. The predicted molar refractivity (Wildman–Crippen MR) is 88.5 cm³/mol. The van der Waals surface area contributed by atoms with Crippen molar-refractivity contribution >= 4 is 0 Å². The molecule has 4 fully saturated rings. The zero-order valence-corrected chi connectivity index (χ0v) is 14.6. The third-order valence-corrected chi connectivity index (χ3v) is 8.47. The van der Waals surface area contributed by atoms with E-state index in [1.807, 2.05) is 0 Å². The largest absolute Gasteiger partial charge is 0.349 e. The van der Waals surface area contributed by atoms with Gasteiger partial charge in [0.1, 0.15) is 0 Å². The molecule has 3 aliphatic carbocycles. The third kappa shape index (κ3) is 1.64. The van der Waals surface area contributed by atoms with Crippen molar-refractivity contribution in [1.29, 1.82) is 0 Å². The molecule has 1 saturated heterocycles. The van der Waals surface area contributed by atoms with Crippen molar-refractivity contribution in [2.45, 2.75) is 84.0 Å². The molecule has 1 aliphatic heterocycles. The van der Waals surface area contributed by atoms with Gasteiger partial charge < -0.3 is 9.47 Å². The molecule has 0 aromatic carbocycles. The van der Waals surface area contributed by atoms with Crippen LogP contribution in [0.15, 0.2) is 12.7 Å². The number of ether oxygens (including phenoxy) is 2. The van der Waals surface area contributed by atoms with Gasteiger partial charge in [-0.25, -0.2) is 0 Å². The van der Waals surface area contributed by atoms with Gasteiger partial charge in [0.25, 0.3) is 0 Å². The average molecular weight is 304 g/mol. The molecule has 0 amide bonds. The Kier molecular flexibility index (Phi) is 3.18. The third-order valence-electron chi connectivity index (χ3n) is 8.47. The van der Waals surface area contributed by atoms with Gasteiger partial charge in [-0.1, -0.05) is 26.8 Å². The number of allylic oxidation sites excluding steroid dienone is 1. The molecule has 1 unspecified atom stereocenters. The topological polar surface area (TPSA) is 18.5 Å². The summed E-state index contributed by atoms with van der Waals surface area (Å²) in [7, 11) is 0. The van der Waals surface area contributed by atoms with Gasteiger partial charge in [-0.05, 0) is 61.7 Å². The molecular weight excluding hydrogens is 272 g/mol. The van der Waals surface area contributed by atoms with Gasteiger partial charge in [0.05, 0.1) is 12.7 Å². The van der Waals surface area contributed by atoms with Crippen molar-refractivity contribution < 1.29 is 9.47 Å². The van der Waals surface area contributed by atoms with Crippen LogP contribution in [0.25, 0.3) is 0 Å². The number of hydrogen-bond donors (Lipinski definition) is 0. The van der Waals surface area contributed by atoms with Crippen LogP contribution in [0.4, 0.5) is 0 Å². The first-order valence-corrected chi connectivity index (χ1v) is 9.32. The zero-order chi connectivity index (χ0) is 15.6. The molecule has 3 saturated carbocycles. The molecule has 1 heterocycles. The Labute approximate surface area is 135 Å². The molecule has 124 valence electrons. The quantitative estimate of drug-likeness (QED) is 0.674. The highest BCUT2D eigenvalue weighted by molar-refractivity contribution is 5.13. The van der Waals surface area contributed by atoms with Gasteiger partial charge in [-0.15, -0.1) is 6.58 Å². The van der Waals surface area contributed by atoms with E-state index in [2.05, 4.69) is 33.4 Å². The van der Waals surface area contributed by atoms with Gasteiger partial charge in [0.15, 0.2) is 5.79 Å². The summed E-state index contributed by atoms with van der Waals surface area (Å²) >= 11 is 0. The number of hydrogen-bond acceptors (Lipinski definition) is 2. The smallest absolute Gasteiger partial charge is 0.174 e. The minimum atomic E-state index is -0.310. The summed E-state index contributed by atoms with van der Waals surface area (Å²) in [6.07, 6.45) is 12.2. The van der Waals surface area contributed by atoms with Crippen LogP contribution in [0, 0.1) is 22.2 Å². The summed E-state index contributed by atoms with van der Waals surface area (Å²) < 4.78 is 13.3. The zero-order valence-electron chi connectivity index (χ0n) is 14.6. The second-order valence-electron chi connectivity index (χ2n) is 9.20. The lowest BCUT2D eigenvalue weighted by molar-refractivity contribution is -0.286. The minimum Gasteiger partial charge on any atom is -0.349 e. The van der Waals surface area contributed by atoms with E-state index < -0.39 is 0 Å². The van der Waals surface area contributed by atoms with Crippen LogP contribution in [-0.4, -0.2) is 18.5 Å². The van der Waals surface area contributed by atoms with E-state index in [-0.39, 0.29) is 11.2 Å². The van der Waals surface area contributed by atoms with E-state index >= 15 is 0 Å². The van der Waals surface area contributed by atoms with Crippen LogP contribution in [0.1, 0.15) is 72.1 Å². The first-order valence-electron chi connectivity index (χ1n) is 9.32. The van der Waals surface area contributed by atoms with Crippen molar-refractivity contribution in [2.75, 3.05) is 6.61 Å². The summed E-state index contributed by atoms with van der Waals surface area (Å²) in [5.41, 5.74) is 0.935. The predicted octanol–water partition coefficient (Wildman–Crippen LogP) is 5.08. The lowest BCUT2D eigenvalue weighted by atomic mass is 9.69. The van der Waals surface area contributed by atoms with Crippen LogP contribution in [0.5, 0.6) is 0 Å². The molecular formula is C20H32O2. The van der Waals surface area contributed by atoms with Crippen LogP contribution >= 0.6 is 0 Å². The maximum atomic E-state index is 6.94. The highest BCUT2D eigenvalue weighted by Gasteiger charge is 2.67. The van der Waals surface area contributed by atoms with Gasteiger partial charge in [-0.3, -0.25) is 0 Å².